The molecule has 0 unspecified atom stereocenters. The van der Waals surface area contributed by atoms with Gasteiger partial charge in [0.15, 0.2) is 15.0 Å². The number of nitrogens with one attached hydrogen (secondary N) is 1. The molecule has 4 rings (SSSR count). The summed E-state index contributed by atoms with van der Waals surface area (Å²) < 4.78 is 52.7. The highest BCUT2D eigenvalue weighted by molar-refractivity contribution is 7.91. The minimum Gasteiger partial charge on any atom is -0.435 e. The Morgan fingerprint density at radius 3 is 2.41 bits per heavy atom. The van der Waals surface area contributed by atoms with E-state index in [1.165, 1.54) is 35.6 Å². The van der Waals surface area contributed by atoms with Gasteiger partial charge in [-0.15, -0.1) is 11.3 Å². The number of thiazole rings is 1. The summed E-state index contributed by atoms with van der Waals surface area (Å²) in [5.74, 6) is -0.0635. The Bertz CT molecular complexity index is 1240. The summed E-state index contributed by atoms with van der Waals surface area (Å²) in [6.07, 6.45) is 0.119. The van der Waals surface area contributed by atoms with Gasteiger partial charge in [0.1, 0.15) is 5.75 Å². The van der Waals surface area contributed by atoms with E-state index in [1.54, 1.807) is 31.2 Å². The quantitative estimate of drug-likeness (QED) is 0.466. The second-order valence-electron chi connectivity index (χ2n) is 7.83. The van der Waals surface area contributed by atoms with Crippen LogP contribution in [-0.2, 0) is 40.7 Å². The molecular formula is C23H23F2N3O4S2. The smallest absolute Gasteiger partial charge is 0.387 e. The van der Waals surface area contributed by atoms with Gasteiger partial charge in [-0.25, -0.2) is 13.4 Å². The van der Waals surface area contributed by atoms with Crippen LogP contribution in [0, 0.1) is 0 Å². The number of benzene rings is 2. The Morgan fingerprint density at radius 2 is 1.79 bits per heavy atom. The average Bonchev–Trinajstić information content (AvgIpc) is 3.33. The largest absolute Gasteiger partial charge is 0.435 e. The molecular weight excluding hydrogens is 484 g/mol. The number of ether oxygens (including phenoxy) is 1. The second-order valence-corrected chi connectivity index (χ2v) is 11.2. The molecule has 1 N–H and O–H groups in total. The van der Waals surface area contributed by atoms with Crippen LogP contribution in [0.2, 0.25) is 0 Å². The van der Waals surface area contributed by atoms with Gasteiger partial charge in [-0.1, -0.05) is 31.2 Å². The Morgan fingerprint density at radius 1 is 1.12 bits per heavy atom. The fraction of sp³-hybridized carbons (Fsp3) is 0.304. The molecule has 0 spiro atoms. The summed E-state index contributed by atoms with van der Waals surface area (Å²) in [4.78, 5) is 20.4. The third-order valence-corrected chi connectivity index (χ3v) is 8.10. The number of hydrogen-bond donors (Lipinski definition) is 1. The van der Waals surface area contributed by atoms with Gasteiger partial charge in [0.05, 0.1) is 22.8 Å². The minimum absolute atomic E-state index is 0.0293. The molecule has 0 atom stereocenters. The predicted molar refractivity (Wildman–Crippen MR) is 125 cm³/mol. The van der Waals surface area contributed by atoms with Crippen molar-refractivity contribution in [2.24, 2.45) is 0 Å². The number of anilines is 1. The highest BCUT2D eigenvalue weighted by Gasteiger charge is 2.24. The number of amides is 1. The number of nitrogens with zero attached hydrogens (tertiary/aromatic N) is 2. The first-order valence-electron chi connectivity index (χ1n) is 10.6. The van der Waals surface area contributed by atoms with Gasteiger partial charge in [0.25, 0.3) is 0 Å². The second kappa shape index (κ2) is 10.2. The van der Waals surface area contributed by atoms with Crippen molar-refractivity contribution in [3.05, 3.63) is 70.2 Å². The molecule has 0 saturated carbocycles. The highest BCUT2D eigenvalue weighted by Crippen LogP contribution is 2.32. The van der Waals surface area contributed by atoms with Crippen LogP contribution in [0.3, 0.4) is 0 Å². The van der Waals surface area contributed by atoms with E-state index in [0.717, 1.165) is 16.1 Å². The number of alkyl halides is 2. The third kappa shape index (κ3) is 5.96. The van der Waals surface area contributed by atoms with Gasteiger partial charge in [0, 0.05) is 24.5 Å². The standard InChI is InChI=1S/C23H23F2N3O4S2/c1-2-34(30,31)18-9-5-15(6-10-18)11-21(29)27-23-26-19-13-28(14-20(19)33-23)12-16-3-7-17(8-4-16)32-22(24)25/h3-10,22H,2,11-14H2,1H3,(H,26,27,29). The number of rotatable bonds is 9. The van der Waals surface area contributed by atoms with E-state index >= 15 is 0 Å². The molecule has 0 aliphatic carbocycles. The Kier molecular flexibility index (Phi) is 7.24. The van der Waals surface area contributed by atoms with Crippen molar-refractivity contribution in [2.45, 2.75) is 44.5 Å². The molecule has 180 valence electrons. The monoisotopic (exact) mass is 507 g/mol. The van der Waals surface area contributed by atoms with Crippen LogP contribution in [0.15, 0.2) is 53.4 Å². The van der Waals surface area contributed by atoms with Gasteiger partial charge in [-0.2, -0.15) is 8.78 Å². The lowest BCUT2D eigenvalue weighted by atomic mass is 10.1. The molecule has 11 heteroatoms. The maximum Gasteiger partial charge on any atom is 0.387 e. The maximum absolute atomic E-state index is 12.4. The Hall–Kier alpha value is -2.89. The van der Waals surface area contributed by atoms with Gasteiger partial charge in [-0.3, -0.25) is 9.69 Å². The molecule has 3 aromatic rings. The number of fused-ring (bicyclic) bond motifs is 1. The van der Waals surface area contributed by atoms with Crippen LogP contribution in [0.5, 0.6) is 5.75 Å². The number of carbonyl (C=O) groups is 1. The third-order valence-electron chi connectivity index (χ3n) is 5.35. The van der Waals surface area contributed by atoms with Crippen LogP contribution in [-0.4, -0.2) is 36.6 Å². The summed E-state index contributed by atoms with van der Waals surface area (Å²) in [7, 11) is -3.27. The van der Waals surface area contributed by atoms with Gasteiger partial charge in [-0.05, 0) is 35.4 Å². The molecule has 0 fully saturated rings. The zero-order valence-corrected chi connectivity index (χ0v) is 20.0. The maximum atomic E-state index is 12.4. The topological polar surface area (TPSA) is 88.6 Å². The fourth-order valence-corrected chi connectivity index (χ4v) is 5.54. The molecule has 34 heavy (non-hydrogen) atoms. The van der Waals surface area contributed by atoms with E-state index < -0.39 is 16.4 Å². The zero-order chi connectivity index (χ0) is 24.3. The Labute approximate surface area is 200 Å². The van der Waals surface area contributed by atoms with E-state index in [4.69, 9.17) is 0 Å². The summed E-state index contributed by atoms with van der Waals surface area (Å²) in [5.41, 5.74) is 2.60. The lowest BCUT2D eigenvalue weighted by molar-refractivity contribution is -0.115. The number of carbonyl (C=O) groups excluding carboxylic acids is 1. The van der Waals surface area contributed by atoms with Crippen LogP contribution in [0.4, 0.5) is 13.9 Å². The van der Waals surface area contributed by atoms with E-state index in [2.05, 4.69) is 19.9 Å². The van der Waals surface area contributed by atoms with E-state index in [-0.39, 0.29) is 28.7 Å². The van der Waals surface area contributed by atoms with Crippen molar-refractivity contribution >= 4 is 32.2 Å². The molecule has 0 bridgehead atoms. The first-order valence-corrected chi connectivity index (χ1v) is 13.0. The van der Waals surface area contributed by atoms with Crippen molar-refractivity contribution in [1.82, 2.24) is 9.88 Å². The van der Waals surface area contributed by atoms with Crippen molar-refractivity contribution in [3.8, 4) is 5.75 Å². The number of hydrogen-bond acceptors (Lipinski definition) is 7. The predicted octanol–water partition coefficient (Wildman–Crippen LogP) is 4.24. The fourth-order valence-electron chi connectivity index (χ4n) is 3.63. The molecule has 1 aromatic heterocycles. The SMILES string of the molecule is CCS(=O)(=O)c1ccc(CC(=O)Nc2nc3c(s2)CN(Cc2ccc(OC(F)F)cc2)C3)cc1. The normalized spacial score (nSPS) is 13.8. The minimum atomic E-state index is -3.27. The Balaban J connectivity index is 1.29. The van der Waals surface area contributed by atoms with Gasteiger partial charge < -0.3 is 10.1 Å². The number of aromatic nitrogens is 1. The van der Waals surface area contributed by atoms with Crippen molar-refractivity contribution in [1.29, 1.82) is 0 Å². The van der Waals surface area contributed by atoms with Crippen molar-refractivity contribution in [2.75, 3.05) is 11.1 Å². The summed E-state index contributed by atoms with van der Waals surface area (Å²) in [5, 5.41) is 3.35. The molecule has 2 heterocycles. The highest BCUT2D eigenvalue weighted by atomic mass is 32.2. The number of halogens is 2. The van der Waals surface area contributed by atoms with Crippen LogP contribution in [0.1, 0.15) is 28.6 Å². The van der Waals surface area contributed by atoms with Crippen molar-refractivity contribution in [3.63, 3.8) is 0 Å². The lowest BCUT2D eigenvalue weighted by Crippen LogP contribution is -2.17. The first-order chi connectivity index (χ1) is 16.2. The van der Waals surface area contributed by atoms with Crippen LogP contribution < -0.4 is 10.1 Å². The lowest BCUT2D eigenvalue weighted by Gasteiger charge is -2.15. The van der Waals surface area contributed by atoms with Gasteiger partial charge in [0.2, 0.25) is 5.91 Å². The summed E-state index contributed by atoms with van der Waals surface area (Å²) in [6.45, 7) is 0.707. The average molecular weight is 508 g/mol. The van der Waals surface area contributed by atoms with Crippen molar-refractivity contribution < 1.29 is 26.7 Å². The molecule has 1 aliphatic rings. The number of sulfone groups is 1. The van der Waals surface area contributed by atoms with E-state index in [0.29, 0.717) is 30.3 Å². The zero-order valence-electron chi connectivity index (χ0n) is 18.3. The van der Waals surface area contributed by atoms with E-state index in [1.807, 2.05) is 0 Å². The first kappa shape index (κ1) is 24.2. The summed E-state index contributed by atoms with van der Waals surface area (Å²) in [6, 6.07) is 12.9. The van der Waals surface area contributed by atoms with E-state index in [9.17, 15) is 22.0 Å². The molecule has 2 aromatic carbocycles. The molecule has 7 nitrogen and oxygen atoms in total. The molecule has 1 aliphatic heterocycles. The molecule has 0 saturated heterocycles. The van der Waals surface area contributed by atoms with Crippen LogP contribution >= 0.6 is 11.3 Å². The van der Waals surface area contributed by atoms with Gasteiger partial charge >= 0.3 is 6.61 Å². The van der Waals surface area contributed by atoms with Crippen LogP contribution in [0.25, 0.3) is 0 Å². The molecule has 0 radical (unpaired) electrons. The molecule has 1 amide bonds. The summed E-state index contributed by atoms with van der Waals surface area (Å²) >= 11 is 1.43.